The zero-order valence-corrected chi connectivity index (χ0v) is 9.89. The van der Waals surface area contributed by atoms with Gasteiger partial charge in [0.25, 0.3) is 0 Å². The molecule has 1 rings (SSSR count). The first-order valence-electron chi connectivity index (χ1n) is 4.98. The Balaban J connectivity index is 0.00000256. The third kappa shape index (κ3) is 4.93. The van der Waals surface area contributed by atoms with Crippen molar-refractivity contribution in [3.8, 4) is 0 Å². The second-order valence-electron chi connectivity index (χ2n) is 3.59. The number of aliphatic hydroxyl groups is 1. The summed E-state index contributed by atoms with van der Waals surface area (Å²) in [5.74, 6) is 0. The number of halogens is 4. The SMILES string of the molecule is Cl.N[C@@H](CCCO)c1ccc(C(F)(F)F)cc1. The molecule has 0 saturated heterocycles. The van der Waals surface area contributed by atoms with Crippen LogP contribution in [-0.2, 0) is 6.18 Å². The van der Waals surface area contributed by atoms with Crippen molar-refractivity contribution >= 4 is 12.4 Å². The van der Waals surface area contributed by atoms with Crippen molar-refractivity contribution in [1.82, 2.24) is 0 Å². The summed E-state index contributed by atoms with van der Waals surface area (Å²) in [4.78, 5) is 0. The van der Waals surface area contributed by atoms with Crippen molar-refractivity contribution in [3.05, 3.63) is 35.4 Å². The summed E-state index contributed by atoms with van der Waals surface area (Å²) in [5, 5.41) is 8.61. The van der Waals surface area contributed by atoms with E-state index in [0.29, 0.717) is 18.4 Å². The van der Waals surface area contributed by atoms with Gasteiger partial charge in [0.2, 0.25) is 0 Å². The third-order valence-electron chi connectivity index (χ3n) is 2.34. The van der Waals surface area contributed by atoms with E-state index in [9.17, 15) is 13.2 Å². The third-order valence-corrected chi connectivity index (χ3v) is 2.34. The molecule has 1 atom stereocenters. The molecule has 0 saturated carbocycles. The van der Waals surface area contributed by atoms with Gasteiger partial charge in [-0.2, -0.15) is 13.2 Å². The van der Waals surface area contributed by atoms with Crippen molar-refractivity contribution in [2.75, 3.05) is 6.61 Å². The molecule has 0 fully saturated rings. The molecule has 98 valence electrons. The van der Waals surface area contributed by atoms with Crippen LogP contribution in [0.2, 0.25) is 0 Å². The fourth-order valence-corrected chi connectivity index (χ4v) is 1.40. The van der Waals surface area contributed by atoms with Gasteiger partial charge in [-0.25, -0.2) is 0 Å². The van der Waals surface area contributed by atoms with Crippen LogP contribution >= 0.6 is 12.4 Å². The highest BCUT2D eigenvalue weighted by Gasteiger charge is 2.30. The normalized spacial score (nSPS) is 13.0. The van der Waals surface area contributed by atoms with Gasteiger partial charge in [0.05, 0.1) is 5.56 Å². The Bertz CT molecular complexity index is 326. The van der Waals surface area contributed by atoms with Crippen molar-refractivity contribution < 1.29 is 18.3 Å². The van der Waals surface area contributed by atoms with E-state index in [1.807, 2.05) is 0 Å². The van der Waals surface area contributed by atoms with E-state index in [-0.39, 0.29) is 25.1 Å². The van der Waals surface area contributed by atoms with Crippen LogP contribution in [0.4, 0.5) is 13.2 Å². The smallest absolute Gasteiger partial charge is 0.396 e. The molecule has 3 N–H and O–H groups in total. The molecular formula is C11H15ClF3NO. The maximum atomic E-state index is 12.3. The molecule has 1 aromatic carbocycles. The van der Waals surface area contributed by atoms with Crippen LogP contribution in [0.25, 0.3) is 0 Å². The number of alkyl halides is 3. The second kappa shape index (κ2) is 6.83. The van der Waals surface area contributed by atoms with Gasteiger partial charge in [-0.15, -0.1) is 12.4 Å². The number of benzene rings is 1. The average Bonchev–Trinajstić information content (AvgIpc) is 2.25. The van der Waals surface area contributed by atoms with Gasteiger partial charge in [0, 0.05) is 12.6 Å². The van der Waals surface area contributed by atoms with Crippen LogP contribution < -0.4 is 5.73 Å². The van der Waals surface area contributed by atoms with Crippen LogP contribution in [0.3, 0.4) is 0 Å². The molecule has 17 heavy (non-hydrogen) atoms. The van der Waals surface area contributed by atoms with Gasteiger partial charge in [0.1, 0.15) is 0 Å². The van der Waals surface area contributed by atoms with Gasteiger partial charge in [-0.1, -0.05) is 12.1 Å². The molecule has 2 nitrogen and oxygen atoms in total. The van der Waals surface area contributed by atoms with Crippen molar-refractivity contribution in [1.29, 1.82) is 0 Å². The predicted octanol–water partition coefficient (Wildman–Crippen LogP) is 2.90. The lowest BCUT2D eigenvalue weighted by molar-refractivity contribution is -0.137. The lowest BCUT2D eigenvalue weighted by Gasteiger charge is -2.12. The molecule has 0 aliphatic heterocycles. The first-order valence-corrected chi connectivity index (χ1v) is 4.98. The zero-order chi connectivity index (χ0) is 12.2. The molecule has 6 heteroatoms. The molecule has 0 radical (unpaired) electrons. The van der Waals surface area contributed by atoms with Gasteiger partial charge in [-0.3, -0.25) is 0 Å². The first kappa shape index (κ1) is 16.2. The quantitative estimate of drug-likeness (QED) is 0.883. The van der Waals surface area contributed by atoms with E-state index in [0.717, 1.165) is 12.1 Å². The number of rotatable bonds is 4. The molecule has 0 aliphatic carbocycles. The van der Waals surface area contributed by atoms with Gasteiger partial charge >= 0.3 is 6.18 Å². The van der Waals surface area contributed by atoms with E-state index in [2.05, 4.69) is 0 Å². The maximum Gasteiger partial charge on any atom is 0.416 e. The molecular weight excluding hydrogens is 255 g/mol. The summed E-state index contributed by atoms with van der Waals surface area (Å²) in [6.07, 6.45) is -3.21. The molecule has 0 unspecified atom stereocenters. The van der Waals surface area contributed by atoms with E-state index in [1.165, 1.54) is 12.1 Å². The Kier molecular flexibility index (Phi) is 6.52. The van der Waals surface area contributed by atoms with Crippen LogP contribution in [-0.4, -0.2) is 11.7 Å². The van der Waals surface area contributed by atoms with Crippen LogP contribution in [0.15, 0.2) is 24.3 Å². The number of aliphatic hydroxyl groups excluding tert-OH is 1. The minimum Gasteiger partial charge on any atom is -0.396 e. The van der Waals surface area contributed by atoms with E-state index in [1.54, 1.807) is 0 Å². The van der Waals surface area contributed by atoms with Crippen LogP contribution in [0.1, 0.15) is 30.0 Å². The summed E-state index contributed by atoms with van der Waals surface area (Å²) in [6.45, 7) is 0.0360. The molecule has 0 aliphatic rings. The monoisotopic (exact) mass is 269 g/mol. The average molecular weight is 270 g/mol. The number of hydrogen-bond acceptors (Lipinski definition) is 2. The van der Waals surface area contributed by atoms with Crippen LogP contribution in [0, 0.1) is 0 Å². The Morgan fingerprint density at radius 3 is 2.12 bits per heavy atom. The highest BCUT2D eigenvalue weighted by Crippen LogP contribution is 2.30. The Morgan fingerprint density at radius 1 is 1.18 bits per heavy atom. The molecule has 0 aromatic heterocycles. The van der Waals surface area contributed by atoms with Gasteiger partial charge in [0.15, 0.2) is 0 Å². The molecule has 0 amide bonds. The second-order valence-corrected chi connectivity index (χ2v) is 3.59. The van der Waals surface area contributed by atoms with Crippen molar-refractivity contribution in [2.24, 2.45) is 5.73 Å². The van der Waals surface area contributed by atoms with Crippen molar-refractivity contribution in [2.45, 2.75) is 25.1 Å². The highest BCUT2D eigenvalue weighted by atomic mass is 35.5. The summed E-state index contributed by atoms with van der Waals surface area (Å²) < 4.78 is 36.8. The van der Waals surface area contributed by atoms with Gasteiger partial charge in [-0.05, 0) is 30.5 Å². The standard InChI is InChI=1S/C11H14F3NO.ClH/c12-11(13,14)9-5-3-8(4-6-9)10(15)2-1-7-16;/h3-6,10,16H,1-2,7,15H2;1H/t10-;/m0./s1. The molecule has 0 spiro atoms. The lowest BCUT2D eigenvalue weighted by atomic mass is 10.0. The van der Waals surface area contributed by atoms with E-state index >= 15 is 0 Å². The molecule has 0 bridgehead atoms. The largest absolute Gasteiger partial charge is 0.416 e. The maximum absolute atomic E-state index is 12.3. The van der Waals surface area contributed by atoms with Gasteiger partial charge < -0.3 is 10.8 Å². The Labute approximate surface area is 104 Å². The summed E-state index contributed by atoms with van der Waals surface area (Å²) >= 11 is 0. The molecule has 0 heterocycles. The van der Waals surface area contributed by atoms with E-state index in [4.69, 9.17) is 10.8 Å². The van der Waals surface area contributed by atoms with Crippen molar-refractivity contribution in [3.63, 3.8) is 0 Å². The minimum atomic E-state index is -4.31. The van der Waals surface area contributed by atoms with E-state index < -0.39 is 11.7 Å². The molecule has 1 aromatic rings. The Morgan fingerprint density at radius 2 is 1.71 bits per heavy atom. The topological polar surface area (TPSA) is 46.2 Å². The number of hydrogen-bond donors (Lipinski definition) is 2. The summed E-state index contributed by atoms with van der Waals surface area (Å²) in [5.41, 5.74) is 5.73. The fourth-order valence-electron chi connectivity index (χ4n) is 1.40. The summed E-state index contributed by atoms with van der Waals surface area (Å²) in [6, 6.07) is 4.48. The Hall–Kier alpha value is -0.780. The number of nitrogens with two attached hydrogens (primary N) is 1. The lowest BCUT2D eigenvalue weighted by Crippen LogP contribution is -2.11. The highest BCUT2D eigenvalue weighted by molar-refractivity contribution is 5.85. The predicted molar refractivity (Wildman–Crippen MR) is 61.9 cm³/mol. The zero-order valence-electron chi connectivity index (χ0n) is 9.07. The fraction of sp³-hybridized carbons (Fsp3) is 0.455. The van der Waals surface area contributed by atoms with Crippen LogP contribution in [0.5, 0.6) is 0 Å². The summed E-state index contributed by atoms with van der Waals surface area (Å²) in [7, 11) is 0. The minimum absolute atomic E-state index is 0. The first-order chi connectivity index (χ1) is 7.45.